The molecule has 0 spiro atoms. The Labute approximate surface area is 204 Å². The lowest BCUT2D eigenvalue weighted by molar-refractivity contribution is -0.125. The topological polar surface area (TPSA) is 84.5 Å². The number of nitrogens with one attached hydrogen (secondary N) is 2. The number of carbonyl (C=O) groups is 3. The van der Waals surface area contributed by atoms with Crippen LogP contribution in [0.15, 0.2) is 89.8 Å². The summed E-state index contributed by atoms with van der Waals surface area (Å²) in [5.41, 5.74) is 2.30. The van der Waals surface area contributed by atoms with Gasteiger partial charge in [-0.05, 0) is 37.1 Å². The Hall–Kier alpha value is -3.58. The molecule has 0 bridgehead atoms. The summed E-state index contributed by atoms with van der Waals surface area (Å²) >= 11 is 1.25. The molecular weight excluding hydrogens is 448 g/mol. The van der Waals surface area contributed by atoms with Crippen molar-refractivity contribution in [1.82, 2.24) is 10.6 Å². The van der Waals surface area contributed by atoms with Gasteiger partial charge in [0, 0.05) is 4.90 Å². The standard InChI is InChI=1S/C27H28N2O4S/c1-19(21-11-5-3-6-12-21)28-25(30)17-33-27(32)23-15-9-10-16-24(23)34-18-26(31)29-20(2)22-13-7-4-8-14-22/h3-16,19-20H,17-18H2,1-2H3,(H,28,30)(H,29,31). The fourth-order valence-electron chi connectivity index (χ4n) is 3.33. The number of ether oxygens (including phenoxy) is 1. The molecule has 2 N–H and O–H groups in total. The molecule has 2 amide bonds. The quantitative estimate of drug-likeness (QED) is 0.328. The molecule has 0 saturated carbocycles. The second-order valence-corrected chi connectivity index (χ2v) is 8.78. The van der Waals surface area contributed by atoms with Crippen LogP contribution in [0.5, 0.6) is 0 Å². The van der Waals surface area contributed by atoms with Crippen molar-refractivity contribution in [2.45, 2.75) is 30.8 Å². The molecule has 6 nitrogen and oxygen atoms in total. The van der Waals surface area contributed by atoms with Crippen LogP contribution in [0.3, 0.4) is 0 Å². The van der Waals surface area contributed by atoms with Crippen molar-refractivity contribution in [2.75, 3.05) is 12.4 Å². The molecule has 0 aliphatic heterocycles. The number of carbonyl (C=O) groups excluding carboxylic acids is 3. The molecule has 0 aliphatic rings. The van der Waals surface area contributed by atoms with Gasteiger partial charge in [-0.1, -0.05) is 72.8 Å². The summed E-state index contributed by atoms with van der Waals surface area (Å²) < 4.78 is 5.23. The van der Waals surface area contributed by atoms with Gasteiger partial charge in [0.1, 0.15) is 0 Å². The molecule has 0 radical (unpaired) electrons. The Morgan fingerprint density at radius 3 is 1.82 bits per heavy atom. The lowest BCUT2D eigenvalue weighted by Crippen LogP contribution is -2.31. The van der Waals surface area contributed by atoms with E-state index < -0.39 is 5.97 Å². The highest BCUT2D eigenvalue weighted by Crippen LogP contribution is 2.24. The van der Waals surface area contributed by atoms with E-state index in [4.69, 9.17) is 4.74 Å². The summed E-state index contributed by atoms with van der Waals surface area (Å²) in [6, 6.07) is 25.8. The molecule has 0 saturated heterocycles. The minimum atomic E-state index is -0.608. The van der Waals surface area contributed by atoms with E-state index in [-0.39, 0.29) is 36.3 Å². The summed E-state index contributed by atoms with van der Waals surface area (Å²) in [6.45, 7) is 3.40. The monoisotopic (exact) mass is 476 g/mol. The van der Waals surface area contributed by atoms with E-state index in [0.717, 1.165) is 11.1 Å². The highest BCUT2D eigenvalue weighted by Gasteiger charge is 2.17. The van der Waals surface area contributed by atoms with Crippen LogP contribution >= 0.6 is 11.8 Å². The molecule has 3 rings (SSSR count). The zero-order chi connectivity index (χ0) is 24.3. The average Bonchev–Trinajstić information content (AvgIpc) is 2.87. The average molecular weight is 477 g/mol. The van der Waals surface area contributed by atoms with Gasteiger partial charge < -0.3 is 15.4 Å². The molecular formula is C27H28N2O4S. The fourth-order valence-corrected chi connectivity index (χ4v) is 4.18. The Kier molecular flexibility index (Phi) is 9.29. The summed E-state index contributed by atoms with van der Waals surface area (Å²) in [5.74, 6) is -0.983. The lowest BCUT2D eigenvalue weighted by atomic mass is 10.1. The second kappa shape index (κ2) is 12.6. The molecule has 176 valence electrons. The third-order valence-electron chi connectivity index (χ3n) is 5.15. The lowest BCUT2D eigenvalue weighted by Gasteiger charge is -2.15. The maximum Gasteiger partial charge on any atom is 0.339 e. The number of hydrogen-bond donors (Lipinski definition) is 2. The normalized spacial score (nSPS) is 12.3. The highest BCUT2D eigenvalue weighted by molar-refractivity contribution is 8.00. The van der Waals surface area contributed by atoms with Crippen molar-refractivity contribution in [3.05, 3.63) is 102 Å². The van der Waals surface area contributed by atoms with Gasteiger partial charge in [-0.3, -0.25) is 9.59 Å². The number of thioether (sulfide) groups is 1. The van der Waals surface area contributed by atoms with Gasteiger partial charge in [0.05, 0.1) is 23.4 Å². The number of benzene rings is 3. The summed E-state index contributed by atoms with van der Waals surface area (Å²) in [6.07, 6.45) is 0. The van der Waals surface area contributed by atoms with Crippen LogP contribution in [0, 0.1) is 0 Å². The van der Waals surface area contributed by atoms with Crippen molar-refractivity contribution in [2.24, 2.45) is 0 Å². The third kappa shape index (κ3) is 7.49. The molecule has 0 fully saturated rings. The first kappa shape index (κ1) is 25.1. The van der Waals surface area contributed by atoms with Crippen molar-refractivity contribution in [3.8, 4) is 0 Å². The van der Waals surface area contributed by atoms with Crippen molar-refractivity contribution < 1.29 is 19.1 Å². The molecule has 0 aliphatic carbocycles. The largest absolute Gasteiger partial charge is 0.452 e. The minimum Gasteiger partial charge on any atom is -0.452 e. The van der Waals surface area contributed by atoms with Gasteiger partial charge in [-0.2, -0.15) is 0 Å². The molecule has 7 heteroatoms. The number of esters is 1. The maximum atomic E-state index is 12.6. The highest BCUT2D eigenvalue weighted by atomic mass is 32.2. The van der Waals surface area contributed by atoms with E-state index in [1.807, 2.05) is 74.5 Å². The summed E-state index contributed by atoms with van der Waals surface area (Å²) in [4.78, 5) is 37.9. The van der Waals surface area contributed by atoms with Crippen LogP contribution in [0.4, 0.5) is 0 Å². The minimum absolute atomic E-state index is 0.119. The first-order chi connectivity index (χ1) is 16.4. The molecule has 0 heterocycles. The molecule has 0 aromatic heterocycles. The Morgan fingerprint density at radius 1 is 0.735 bits per heavy atom. The zero-order valence-corrected chi connectivity index (χ0v) is 20.0. The van der Waals surface area contributed by atoms with Gasteiger partial charge >= 0.3 is 5.97 Å². The zero-order valence-electron chi connectivity index (χ0n) is 19.2. The third-order valence-corrected chi connectivity index (χ3v) is 6.23. The van der Waals surface area contributed by atoms with Gasteiger partial charge in [0.2, 0.25) is 5.91 Å². The number of rotatable bonds is 10. The number of hydrogen-bond acceptors (Lipinski definition) is 5. The molecule has 34 heavy (non-hydrogen) atoms. The van der Waals surface area contributed by atoms with Crippen LogP contribution in [0.1, 0.15) is 47.4 Å². The Morgan fingerprint density at radius 2 is 1.24 bits per heavy atom. The molecule has 2 unspecified atom stereocenters. The van der Waals surface area contributed by atoms with Gasteiger partial charge in [0.15, 0.2) is 6.61 Å². The van der Waals surface area contributed by atoms with E-state index >= 15 is 0 Å². The fraction of sp³-hybridized carbons (Fsp3) is 0.222. The van der Waals surface area contributed by atoms with Crippen molar-refractivity contribution >= 4 is 29.5 Å². The summed E-state index contributed by atoms with van der Waals surface area (Å²) in [5, 5.41) is 5.77. The van der Waals surface area contributed by atoms with Gasteiger partial charge in [0.25, 0.3) is 5.91 Å². The van der Waals surface area contributed by atoms with Gasteiger partial charge in [-0.15, -0.1) is 11.8 Å². The van der Waals surface area contributed by atoms with E-state index in [2.05, 4.69) is 10.6 Å². The van der Waals surface area contributed by atoms with E-state index in [1.54, 1.807) is 24.3 Å². The Balaban J connectivity index is 1.50. The van der Waals surface area contributed by atoms with Crippen LogP contribution < -0.4 is 10.6 Å². The predicted molar refractivity (Wildman–Crippen MR) is 133 cm³/mol. The predicted octanol–water partition coefficient (Wildman–Crippen LogP) is 4.69. The van der Waals surface area contributed by atoms with Crippen LogP contribution in [0.25, 0.3) is 0 Å². The smallest absolute Gasteiger partial charge is 0.339 e. The van der Waals surface area contributed by atoms with E-state index in [0.29, 0.717) is 10.5 Å². The summed E-state index contributed by atoms with van der Waals surface area (Å²) in [7, 11) is 0. The maximum absolute atomic E-state index is 12.6. The van der Waals surface area contributed by atoms with Crippen molar-refractivity contribution in [1.29, 1.82) is 0 Å². The van der Waals surface area contributed by atoms with Gasteiger partial charge in [-0.25, -0.2) is 4.79 Å². The van der Waals surface area contributed by atoms with Crippen LogP contribution in [-0.2, 0) is 14.3 Å². The second-order valence-electron chi connectivity index (χ2n) is 7.76. The molecule has 3 aromatic carbocycles. The van der Waals surface area contributed by atoms with Crippen LogP contribution in [0.2, 0.25) is 0 Å². The number of amides is 2. The molecule has 3 aromatic rings. The van der Waals surface area contributed by atoms with Crippen LogP contribution in [-0.4, -0.2) is 30.1 Å². The first-order valence-electron chi connectivity index (χ1n) is 11.0. The first-order valence-corrected chi connectivity index (χ1v) is 12.0. The molecule has 2 atom stereocenters. The van der Waals surface area contributed by atoms with E-state index in [9.17, 15) is 14.4 Å². The Bertz CT molecular complexity index is 1110. The van der Waals surface area contributed by atoms with E-state index in [1.165, 1.54) is 11.8 Å². The SMILES string of the molecule is CC(NC(=O)COC(=O)c1ccccc1SCC(=O)NC(C)c1ccccc1)c1ccccc1. The van der Waals surface area contributed by atoms with Crippen molar-refractivity contribution in [3.63, 3.8) is 0 Å².